The molecule has 0 spiro atoms. The largest absolute Gasteiger partial charge is 0.545 e. The van der Waals surface area contributed by atoms with Crippen molar-refractivity contribution >= 4 is 25.2 Å². The van der Waals surface area contributed by atoms with Gasteiger partial charge in [0.1, 0.15) is 19.3 Å². The number of carbonyl (C=O) groups is 3. The SMILES string of the molecule is C=C(C)C(=O)OCC(O)COC(=O)CC(C)[P+](CC)(CC)CC.O=C([O-])c1ccccc1. The van der Waals surface area contributed by atoms with E-state index in [4.69, 9.17) is 9.47 Å². The molecule has 1 rings (SSSR count). The topological polar surface area (TPSA) is 113 Å². The highest BCUT2D eigenvalue weighted by Crippen LogP contribution is 2.62. The number of rotatable bonds is 12. The van der Waals surface area contributed by atoms with Crippen LogP contribution >= 0.6 is 7.26 Å². The minimum Gasteiger partial charge on any atom is -0.545 e. The van der Waals surface area contributed by atoms with E-state index < -0.39 is 25.3 Å². The molecule has 0 saturated heterocycles. The number of carboxylic acids is 1. The van der Waals surface area contributed by atoms with Crippen LogP contribution in [0.15, 0.2) is 42.5 Å². The molecule has 0 aliphatic heterocycles. The molecule has 0 aromatic heterocycles. The summed E-state index contributed by atoms with van der Waals surface area (Å²) in [6.45, 7) is 13.3. The predicted octanol–water partition coefficient (Wildman–Crippen LogP) is 2.92. The van der Waals surface area contributed by atoms with Gasteiger partial charge in [-0.25, -0.2) is 4.79 Å². The Hall–Kier alpha value is -2.24. The molecule has 1 N–H and O–H groups in total. The fraction of sp³-hybridized carbons (Fsp3) is 0.542. The van der Waals surface area contributed by atoms with Crippen LogP contribution in [0.2, 0.25) is 0 Å². The molecule has 2 atom stereocenters. The van der Waals surface area contributed by atoms with Crippen LogP contribution in [0, 0.1) is 0 Å². The van der Waals surface area contributed by atoms with Gasteiger partial charge in [-0.3, -0.25) is 4.79 Å². The maximum atomic E-state index is 12.0. The van der Waals surface area contributed by atoms with E-state index in [-0.39, 0.29) is 30.3 Å². The quantitative estimate of drug-likeness (QED) is 0.285. The maximum absolute atomic E-state index is 12.0. The normalized spacial score (nSPS) is 12.6. The number of carbonyl (C=O) groups excluding carboxylic acids is 3. The Morgan fingerprint density at radius 3 is 1.94 bits per heavy atom. The highest BCUT2D eigenvalue weighted by Gasteiger charge is 2.39. The van der Waals surface area contributed by atoms with E-state index in [1.165, 1.54) is 19.1 Å². The average Bonchev–Trinajstić information content (AvgIpc) is 2.78. The first-order valence-corrected chi connectivity index (χ1v) is 13.2. The van der Waals surface area contributed by atoms with E-state index in [0.29, 0.717) is 12.1 Å². The molecule has 8 heteroatoms. The van der Waals surface area contributed by atoms with Crippen LogP contribution in [-0.4, -0.2) is 66.5 Å². The van der Waals surface area contributed by atoms with Gasteiger partial charge < -0.3 is 24.5 Å². The Balaban J connectivity index is 0.000000879. The van der Waals surface area contributed by atoms with Crippen molar-refractivity contribution in [2.75, 3.05) is 31.7 Å². The number of hydrogen-bond donors (Lipinski definition) is 1. The molecule has 2 unspecified atom stereocenters. The molecule has 32 heavy (non-hydrogen) atoms. The zero-order valence-corrected chi connectivity index (χ0v) is 20.7. The molecule has 0 bridgehead atoms. The third kappa shape index (κ3) is 10.9. The van der Waals surface area contributed by atoms with E-state index >= 15 is 0 Å². The minimum atomic E-state index is -1.13. The van der Waals surface area contributed by atoms with Gasteiger partial charge in [0.15, 0.2) is 0 Å². The molecule has 180 valence electrons. The lowest BCUT2D eigenvalue weighted by molar-refractivity contribution is -0.255. The Bertz CT molecular complexity index is 721. The van der Waals surface area contributed by atoms with Crippen LogP contribution < -0.4 is 5.11 Å². The summed E-state index contributed by atoms with van der Waals surface area (Å²) in [6.07, 6.45) is 2.76. The molecule has 0 aliphatic carbocycles. The Kier molecular flexibility index (Phi) is 14.5. The van der Waals surface area contributed by atoms with Gasteiger partial charge in [0.25, 0.3) is 0 Å². The summed E-state index contributed by atoms with van der Waals surface area (Å²) in [7, 11) is -1.11. The molecule has 0 aliphatic rings. The number of aromatic carboxylic acids is 1. The van der Waals surface area contributed by atoms with Crippen molar-refractivity contribution in [3.05, 3.63) is 48.0 Å². The second-order valence-corrected chi connectivity index (χ2v) is 12.8. The molecular weight excluding hydrogens is 431 g/mol. The Morgan fingerprint density at radius 1 is 1.03 bits per heavy atom. The number of esters is 2. The summed E-state index contributed by atoms with van der Waals surface area (Å²) in [5.74, 6) is -1.99. The Morgan fingerprint density at radius 2 is 1.53 bits per heavy atom. The molecular formula is C24H37O7P. The summed E-state index contributed by atoms with van der Waals surface area (Å²) >= 11 is 0. The van der Waals surface area contributed by atoms with E-state index in [2.05, 4.69) is 34.3 Å². The van der Waals surface area contributed by atoms with Gasteiger partial charge in [-0.1, -0.05) is 36.9 Å². The van der Waals surface area contributed by atoms with Crippen LogP contribution in [0.25, 0.3) is 0 Å². The third-order valence-corrected chi connectivity index (χ3v) is 11.3. The molecule has 1 aromatic carbocycles. The number of ether oxygens (including phenoxy) is 2. The second kappa shape index (κ2) is 15.5. The highest BCUT2D eigenvalue weighted by atomic mass is 31.2. The van der Waals surface area contributed by atoms with Gasteiger partial charge in [-0.05, 0) is 40.2 Å². The lowest BCUT2D eigenvalue weighted by Gasteiger charge is -2.29. The van der Waals surface area contributed by atoms with Crippen LogP contribution in [0.1, 0.15) is 51.4 Å². The lowest BCUT2D eigenvalue weighted by atomic mass is 10.2. The summed E-state index contributed by atoms with van der Waals surface area (Å²) in [5.41, 5.74) is 0.813. The molecule has 1 aromatic rings. The third-order valence-electron chi connectivity index (χ3n) is 5.49. The number of aliphatic hydroxyl groups excluding tert-OH is 1. The van der Waals surface area contributed by atoms with Crippen molar-refractivity contribution in [2.24, 2.45) is 0 Å². The molecule has 7 nitrogen and oxygen atoms in total. The number of aliphatic hydroxyl groups is 1. The van der Waals surface area contributed by atoms with Crippen molar-refractivity contribution in [2.45, 2.75) is 52.8 Å². The zero-order valence-electron chi connectivity index (χ0n) is 19.8. The van der Waals surface area contributed by atoms with Crippen LogP contribution in [0.3, 0.4) is 0 Å². The van der Waals surface area contributed by atoms with Gasteiger partial charge in [-0.15, -0.1) is 0 Å². The fourth-order valence-corrected chi connectivity index (χ4v) is 6.95. The zero-order chi connectivity index (χ0) is 24.7. The second-order valence-electron chi connectivity index (χ2n) is 7.59. The van der Waals surface area contributed by atoms with E-state index in [1.807, 2.05) is 0 Å². The van der Waals surface area contributed by atoms with E-state index in [0.717, 1.165) is 18.5 Å². The van der Waals surface area contributed by atoms with Gasteiger partial charge in [-0.2, -0.15) is 0 Å². The van der Waals surface area contributed by atoms with E-state index in [1.54, 1.807) is 18.2 Å². The number of carboxylic acid groups (broad SMARTS) is 1. The smallest absolute Gasteiger partial charge is 0.333 e. The van der Waals surface area contributed by atoms with Crippen molar-refractivity contribution in [1.82, 2.24) is 0 Å². The van der Waals surface area contributed by atoms with Crippen LogP contribution in [0.4, 0.5) is 0 Å². The standard InChI is InChI=1S/C17H32O5P.C7H6O2/c1-7-23(8-2,9-3)14(6)10-16(19)21-11-15(18)12-22-17(20)13(4)5;8-7(9)6-4-2-1-3-5-6/h14-15,18H,4,7-12H2,1-3,5-6H3;1-5H,(H,8,9)/q+1;/p-1. The molecule has 0 radical (unpaired) electrons. The first-order valence-electron chi connectivity index (χ1n) is 10.8. The first-order chi connectivity index (χ1) is 15.0. The lowest BCUT2D eigenvalue weighted by Crippen LogP contribution is -2.27. The molecule has 0 amide bonds. The Labute approximate surface area is 192 Å². The number of hydrogen-bond acceptors (Lipinski definition) is 7. The van der Waals surface area contributed by atoms with Gasteiger partial charge in [0, 0.05) is 12.8 Å². The van der Waals surface area contributed by atoms with Crippen molar-refractivity contribution < 1.29 is 34.1 Å². The molecule has 0 saturated carbocycles. The highest BCUT2D eigenvalue weighted by molar-refractivity contribution is 7.76. The monoisotopic (exact) mass is 468 g/mol. The van der Waals surface area contributed by atoms with Crippen molar-refractivity contribution in [3.63, 3.8) is 0 Å². The summed E-state index contributed by atoms with van der Waals surface area (Å²) in [4.78, 5) is 33.3. The van der Waals surface area contributed by atoms with Crippen molar-refractivity contribution in [1.29, 1.82) is 0 Å². The molecule has 0 fully saturated rings. The van der Waals surface area contributed by atoms with Crippen LogP contribution in [-0.2, 0) is 19.1 Å². The van der Waals surface area contributed by atoms with Crippen LogP contribution in [0.5, 0.6) is 0 Å². The number of benzene rings is 1. The van der Waals surface area contributed by atoms with Gasteiger partial charge in [0.05, 0.1) is 36.5 Å². The van der Waals surface area contributed by atoms with Gasteiger partial charge in [0.2, 0.25) is 0 Å². The molecule has 0 heterocycles. The first kappa shape index (κ1) is 29.8. The average molecular weight is 469 g/mol. The minimum absolute atomic E-state index is 0.162. The summed E-state index contributed by atoms with van der Waals surface area (Å²) in [5, 5.41) is 19.8. The van der Waals surface area contributed by atoms with E-state index in [9.17, 15) is 24.6 Å². The van der Waals surface area contributed by atoms with Gasteiger partial charge >= 0.3 is 11.9 Å². The predicted molar refractivity (Wildman–Crippen MR) is 126 cm³/mol. The maximum Gasteiger partial charge on any atom is 0.333 e. The van der Waals surface area contributed by atoms with Crippen molar-refractivity contribution in [3.8, 4) is 0 Å². The fourth-order valence-electron chi connectivity index (χ4n) is 3.21. The summed E-state index contributed by atoms with van der Waals surface area (Å²) < 4.78 is 9.92. The summed E-state index contributed by atoms with van der Waals surface area (Å²) in [6, 6.07) is 8.06.